The molecule has 3 aliphatic rings. The zero-order valence-corrected chi connectivity index (χ0v) is 29.5. The number of nitriles is 1. The largest absolute Gasteiger partial charge is 0.461 e. The van der Waals surface area contributed by atoms with Gasteiger partial charge >= 0.3 is 12.1 Å². The maximum absolute atomic E-state index is 16.9. The zero-order valence-electron chi connectivity index (χ0n) is 28.8. The molecular weight excluding hydrogens is 683 g/mol. The highest BCUT2D eigenvalue weighted by molar-refractivity contribution is 6.36. The Labute approximate surface area is 299 Å². The average Bonchev–Trinajstić information content (AvgIpc) is 3.67. The molecule has 3 atom stereocenters. The molecule has 5 heterocycles. The van der Waals surface area contributed by atoms with E-state index in [0.717, 1.165) is 32.2 Å². The molecule has 3 aliphatic heterocycles. The van der Waals surface area contributed by atoms with Crippen molar-refractivity contribution in [3.05, 3.63) is 53.2 Å². The molecule has 0 N–H and O–H groups in total. The highest BCUT2D eigenvalue weighted by atomic mass is 35.5. The lowest BCUT2D eigenvalue weighted by Crippen LogP contribution is -2.56. The van der Waals surface area contributed by atoms with Crippen molar-refractivity contribution < 1.29 is 27.4 Å². The number of aromatic nitrogens is 3. The second-order valence-corrected chi connectivity index (χ2v) is 14.9. The van der Waals surface area contributed by atoms with Gasteiger partial charge in [-0.05, 0) is 64.5 Å². The number of halogens is 4. The normalized spacial score (nSPS) is 22.4. The summed E-state index contributed by atoms with van der Waals surface area (Å²) in [4.78, 5) is 32.6. The van der Waals surface area contributed by atoms with Crippen LogP contribution in [-0.2, 0) is 4.74 Å². The van der Waals surface area contributed by atoms with Gasteiger partial charge in [-0.15, -0.1) is 0 Å². The van der Waals surface area contributed by atoms with Crippen molar-refractivity contribution in [1.82, 2.24) is 24.8 Å². The monoisotopic (exact) mass is 721 g/mol. The van der Waals surface area contributed by atoms with Crippen molar-refractivity contribution in [3.63, 3.8) is 0 Å². The number of carbonyl (C=O) groups excluding carboxylic acids is 1. The van der Waals surface area contributed by atoms with Gasteiger partial charge in [-0.2, -0.15) is 15.2 Å². The van der Waals surface area contributed by atoms with Crippen LogP contribution in [0, 0.1) is 23.0 Å². The number of fused-ring (bicyclic) bond motifs is 3. The maximum atomic E-state index is 16.9. The van der Waals surface area contributed by atoms with Gasteiger partial charge < -0.3 is 19.3 Å². The summed E-state index contributed by atoms with van der Waals surface area (Å²) in [5.41, 5.74) is -0.930. The highest BCUT2D eigenvalue weighted by Gasteiger charge is 2.50. The number of benzene rings is 2. The number of ether oxygens (including phenoxy) is 2. The van der Waals surface area contributed by atoms with E-state index in [1.54, 1.807) is 49.9 Å². The molecule has 0 aliphatic carbocycles. The van der Waals surface area contributed by atoms with E-state index in [1.165, 1.54) is 12.3 Å². The number of nitrogens with zero attached hydrogens (tertiary/aromatic N) is 7. The molecule has 1 unspecified atom stereocenters. The lowest BCUT2D eigenvalue weighted by molar-refractivity contribution is 0.0145. The Bertz CT molecular complexity index is 2040. The summed E-state index contributed by atoms with van der Waals surface area (Å²) >= 11 is 6.42. The molecule has 4 aromatic rings. The van der Waals surface area contributed by atoms with Crippen LogP contribution in [-0.4, -0.2) is 93.5 Å². The quantitative estimate of drug-likeness (QED) is 0.192. The number of amides is 1. The molecule has 7 rings (SSSR count). The van der Waals surface area contributed by atoms with Gasteiger partial charge in [0.05, 0.1) is 34.5 Å². The van der Waals surface area contributed by atoms with E-state index in [4.69, 9.17) is 26.1 Å². The number of carbonyl (C=O) groups is 1. The Morgan fingerprint density at radius 3 is 2.71 bits per heavy atom. The molecule has 0 bridgehead atoms. The van der Waals surface area contributed by atoms with E-state index < -0.39 is 36.0 Å². The third kappa shape index (κ3) is 6.48. The fraction of sp³-hybridized carbons (Fsp3) is 0.486. The SMILES string of the molecule is CC(C)(C)OC(=O)N1CCN(c2nc(OC[C@@]34CCCN3C(CF)CC4)nc3c(F)c(-c4cccc5ccc(F)c(Cl)c45)ncc23)C[C@@H]1CC#N. The fourth-order valence-electron chi connectivity index (χ4n) is 7.89. The second-order valence-electron chi connectivity index (χ2n) is 14.6. The first-order chi connectivity index (χ1) is 24.4. The fourth-order valence-corrected chi connectivity index (χ4v) is 8.16. The van der Waals surface area contributed by atoms with Crippen molar-refractivity contribution in [1.29, 1.82) is 5.26 Å². The Balaban J connectivity index is 1.31. The van der Waals surface area contributed by atoms with Gasteiger partial charge in [0, 0.05) is 42.8 Å². The molecule has 3 saturated heterocycles. The summed E-state index contributed by atoms with van der Waals surface area (Å²) in [5.74, 6) is -1.08. The minimum atomic E-state index is -0.770. The van der Waals surface area contributed by atoms with E-state index in [9.17, 15) is 18.8 Å². The predicted molar refractivity (Wildman–Crippen MR) is 188 cm³/mol. The number of alkyl halides is 1. The summed E-state index contributed by atoms with van der Waals surface area (Å²) in [7, 11) is 0. The summed E-state index contributed by atoms with van der Waals surface area (Å²) < 4.78 is 57.3. The van der Waals surface area contributed by atoms with Crippen LogP contribution in [0.3, 0.4) is 0 Å². The van der Waals surface area contributed by atoms with Crippen LogP contribution in [0.25, 0.3) is 32.9 Å². The summed E-state index contributed by atoms with van der Waals surface area (Å²) in [6.07, 6.45) is 4.24. The topological polar surface area (TPSA) is 108 Å². The number of pyridine rings is 1. The molecular formula is C37H39ClF3N7O3. The van der Waals surface area contributed by atoms with Gasteiger partial charge in [0.1, 0.15) is 41.7 Å². The van der Waals surface area contributed by atoms with Gasteiger partial charge in [0.2, 0.25) is 0 Å². The second kappa shape index (κ2) is 13.6. The van der Waals surface area contributed by atoms with E-state index in [0.29, 0.717) is 34.1 Å². The molecule has 0 spiro atoms. The Hall–Kier alpha value is -4.41. The summed E-state index contributed by atoms with van der Waals surface area (Å²) in [5, 5.41) is 10.8. The van der Waals surface area contributed by atoms with Crippen molar-refractivity contribution >= 4 is 45.2 Å². The Morgan fingerprint density at radius 2 is 1.94 bits per heavy atom. The van der Waals surface area contributed by atoms with Gasteiger partial charge in [0.15, 0.2) is 5.82 Å². The third-order valence-electron chi connectivity index (χ3n) is 10.3. The van der Waals surface area contributed by atoms with Crippen LogP contribution in [0.5, 0.6) is 6.01 Å². The molecule has 2 aromatic heterocycles. The molecule has 1 amide bonds. The van der Waals surface area contributed by atoms with Gasteiger partial charge in [-0.25, -0.2) is 18.0 Å². The van der Waals surface area contributed by atoms with Crippen LogP contribution >= 0.6 is 11.6 Å². The van der Waals surface area contributed by atoms with Crippen LogP contribution in [0.2, 0.25) is 5.02 Å². The minimum Gasteiger partial charge on any atom is -0.461 e. The van der Waals surface area contributed by atoms with E-state index >= 15 is 4.39 Å². The average molecular weight is 722 g/mol. The number of piperazine rings is 1. The molecule has 268 valence electrons. The van der Waals surface area contributed by atoms with Crippen molar-refractivity contribution in [3.8, 4) is 23.3 Å². The Kier molecular flexibility index (Phi) is 9.35. The summed E-state index contributed by atoms with van der Waals surface area (Å²) in [6.45, 7) is 6.61. The number of hydrogen-bond donors (Lipinski definition) is 0. The molecule has 0 radical (unpaired) electrons. The third-order valence-corrected chi connectivity index (χ3v) is 10.6. The zero-order chi connectivity index (χ0) is 36.1. The lowest BCUT2D eigenvalue weighted by atomic mass is 9.95. The lowest BCUT2D eigenvalue weighted by Gasteiger charge is -2.41. The molecule has 2 aromatic carbocycles. The van der Waals surface area contributed by atoms with E-state index in [1.807, 2.05) is 4.90 Å². The Morgan fingerprint density at radius 1 is 1.12 bits per heavy atom. The van der Waals surface area contributed by atoms with Crippen molar-refractivity contribution in [2.75, 3.05) is 44.4 Å². The van der Waals surface area contributed by atoms with E-state index in [-0.39, 0.29) is 59.9 Å². The smallest absolute Gasteiger partial charge is 0.410 e. The first-order valence-corrected chi connectivity index (χ1v) is 17.6. The number of hydrogen-bond acceptors (Lipinski definition) is 9. The minimum absolute atomic E-state index is 0.0331. The van der Waals surface area contributed by atoms with Gasteiger partial charge in [-0.3, -0.25) is 9.88 Å². The molecule has 10 nitrogen and oxygen atoms in total. The molecule has 14 heteroatoms. The summed E-state index contributed by atoms with van der Waals surface area (Å²) in [6, 6.07) is 9.33. The molecule has 0 saturated carbocycles. The predicted octanol–water partition coefficient (Wildman–Crippen LogP) is 7.46. The molecule has 51 heavy (non-hydrogen) atoms. The van der Waals surface area contributed by atoms with Crippen molar-refractivity contribution in [2.45, 2.75) is 76.1 Å². The highest BCUT2D eigenvalue weighted by Crippen LogP contribution is 2.43. The van der Waals surface area contributed by atoms with E-state index in [2.05, 4.69) is 20.9 Å². The number of anilines is 1. The van der Waals surface area contributed by atoms with Crippen LogP contribution in [0.4, 0.5) is 23.8 Å². The first-order valence-electron chi connectivity index (χ1n) is 17.2. The van der Waals surface area contributed by atoms with Crippen LogP contribution in [0.15, 0.2) is 36.5 Å². The van der Waals surface area contributed by atoms with Gasteiger partial charge in [0.25, 0.3) is 0 Å². The maximum Gasteiger partial charge on any atom is 0.410 e. The number of rotatable bonds is 7. The van der Waals surface area contributed by atoms with Gasteiger partial charge in [-0.1, -0.05) is 35.9 Å². The van der Waals surface area contributed by atoms with Crippen LogP contribution in [0.1, 0.15) is 52.9 Å². The molecule has 3 fully saturated rings. The van der Waals surface area contributed by atoms with Crippen LogP contribution < -0.4 is 9.64 Å². The first kappa shape index (κ1) is 35.0. The van der Waals surface area contributed by atoms with Crippen molar-refractivity contribution in [2.24, 2.45) is 0 Å². The standard InChI is InChI=1S/C37H39ClF3N7O3/c1-36(2,3)51-35(49)47-17-16-46(20-24(47)11-14-42)33-26-19-43-31(25-7-4-6-22-8-9-27(40)29(38)28(22)25)30(41)32(26)44-34(45-33)50-21-37-12-5-15-48(37)23(18-39)10-13-37/h4,6-9,19,23-24H,5,10-13,15-18,20-21H2,1-3H3/t23?,24-,37-/m0/s1.